The summed E-state index contributed by atoms with van der Waals surface area (Å²) in [4.78, 5) is 57.0. The monoisotopic (exact) mass is 440 g/mol. The molecule has 1 aromatic carbocycles. The third-order valence-electron chi connectivity index (χ3n) is 4.49. The second-order valence-corrected chi connectivity index (χ2v) is 6.88. The number of nitrogen functional groups attached to an aromatic ring is 1. The molecular formula is C20H20N6O6. The predicted octanol–water partition coefficient (Wildman–Crippen LogP) is 0.560. The van der Waals surface area contributed by atoms with E-state index in [1.165, 1.54) is 24.4 Å². The van der Waals surface area contributed by atoms with Crippen LogP contribution in [-0.4, -0.2) is 49.1 Å². The van der Waals surface area contributed by atoms with Crippen LogP contribution in [0.2, 0.25) is 0 Å². The Morgan fingerprint density at radius 1 is 1.16 bits per heavy atom. The zero-order chi connectivity index (χ0) is 23.3. The van der Waals surface area contributed by atoms with E-state index in [9.17, 15) is 19.2 Å². The summed E-state index contributed by atoms with van der Waals surface area (Å²) in [5.41, 5.74) is 7.07. The maximum Gasteiger partial charge on any atom is 0.326 e. The van der Waals surface area contributed by atoms with Gasteiger partial charge in [-0.25, -0.2) is 9.78 Å². The molecule has 3 rings (SSSR count). The Hall–Kier alpha value is -4.48. The fourth-order valence-electron chi connectivity index (χ4n) is 2.87. The van der Waals surface area contributed by atoms with Crippen molar-refractivity contribution in [2.24, 2.45) is 0 Å². The van der Waals surface area contributed by atoms with Gasteiger partial charge in [0.25, 0.3) is 11.5 Å². The second-order valence-electron chi connectivity index (χ2n) is 6.88. The van der Waals surface area contributed by atoms with Gasteiger partial charge in [-0.15, -0.1) is 0 Å². The van der Waals surface area contributed by atoms with Gasteiger partial charge in [0.1, 0.15) is 11.9 Å². The molecule has 0 aliphatic rings. The molecule has 0 spiro atoms. The number of hydrogen-bond acceptors (Lipinski definition) is 8. The molecule has 12 heteroatoms. The first kappa shape index (κ1) is 22.2. The molecule has 0 aliphatic heterocycles. The molecule has 32 heavy (non-hydrogen) atoms. The van der Waals surface area contributed by atoms with Crippen LogP contribution in [0.25, 0.3) is 11.0 Å². The normalized spacial score (nSPS) is 11.6. The summed E-state index contributed by atoms with van der Waals surface area (Å²) in [6.07, 6.45) is 0.911. The maximum absolute atomic E-state index is 12.3. The van der Waals surface area contributed by atoms with Crippen molar-refractivity contribution in [1.29, 1.82) is 0 Å². The van der Waals surface area contributed by atoms with Gasteiger partial charge in [-0.1, -0.05) is 0 Å². The largest absolute Gasteiger partial charge is 0.481 e. The summed E-state index contributed by atoms with van der Waals surface area (Å²) >= 11 is 0. The molecule has 2 heterocycles. The molecule has 7 N–H and O–H groups in total. The third-order valence-corrected chi connectivity index (χ3v) is 4.49. The highest BCUT2D eigenvalue weighted by Crippen LogP contribution is 2.13. The standard InChI is InChI=1S/C20H20N6O6/c21-15-7-14-17(19(30)26-15)24-12(9-23-14)8-22-11-3-1-10(2-4-11)18(29)25-13(20(31)32)5-6-16(27)28/h1-4,7,9,13,22H,5-6,8H2,(H,25,29)(H,27,28)(H,31,32)(H3,21,26,30). The van der Waals surface area contributed by atoms with Crippen molar-refractivity contribution >= 4 is 40.4 Å². The summed E-state index contributed by atoms with van der Waals surface area (Å²) in [6.45, 7) is 0.259. The number of pyridine rings is 1. The molecule has 0 aliphatic carbocycles. The Morgan fingerprint density at radius 3 is 2.53 bits per heavy atom. The van der Waals surface area contributed by atoms with Gasteiger partial charge in [0.05, 0.1) is 24.0 Å². The van der Waals surface area contributed by atoms with Gasteiger partial charge in [0, 0.05) is 23.7 Å². The number of nitrogens with one attached hydrogen (secondary N) is 3. The number of nitrogens with two attached hydrogens (primary N) is 1. The number of benzene rings is 1. The van der Waals surface area contributed by atoms with Crippen molar-refractivity contribution < 1.29 is 24.6 Å². The van der Waals surface area contributed by atoms with E-state index >= 15 is 0 Å². The molecule has 1 amide bonds. The van der Waals surface area contributed by atoms with E-state index in [1.807, 2.05) is 0 Å². The first-order valence-electron chi connectivity index (χ1n) is 9.47. The maximum atomic E-state index is 12.3. The number of carbonyl (C=O) groups excluding carboxylic acids is 1. The predicted molar refractivity (Wildman–Crippen MR) is 114 cm³/mol. The van der Waals surface area contributed by atoms with Crippen molar-refractivity contribution in [3.8, 4) is 0 Å². The van der Waals surface area contributed by atoms with E-state index in [1.54, 1.807) is 12.1 Å². The van der Waals surface area contributed by atoms with Crippen molar-refractivity contribution in [1.82, 2.24) is 20.3 Å². The summed E-state index contributed by atoms with van der Waals surface area (Å²) in [5, 5.41) is 23.2. The van der Waals surface area contributed by atoms with Crippen LogP contribution in [0, 0.1) is 0 Å². The van der Waals surface area contributed by atoms with Gasteiger partial charge in [-0.3, -0.25) is 19.4 Å². The lowest BCUT2D eigenvalue weighted by Crippen LogP contribution is -2.41. The van der Waals surface area contributed by atoms with Crippen LogP contribution in [0.1, 0.15) is 28.9 Å². The smallest absolute Gasteiger partial charge is 0.326 e. The number of nitrogens with zero attached hydrogens (tertiary/aromatic N) is 2. The Bertz CT molecular complexity index is 1220. The summed E-state index contributed by atoms with van der Waals surface area (Å²) in [6, 6.07) is 6.43. The molecule has 12 nitrogen and oxygen atoms in total. The Balaban J connectivity index is 1.62. The third kappa shape index (κ3) is 5.56. The number of anilines is 2. The molecule has 0 saturated carbocycles. The first-order chi connectivity index (χ1) is 15.2. The van der Waals surface area contributed by atoms with Crippen LogP contribution in [0.15, 0.2) is 41.3 Å². The van der Waals surface area contributed by atoms with E-state index < -0.39 is 29.4 Å². The van der Waals surface area contributed by atoms with Crippen molar-refractivity contribution in [3.63, 3.8) is 0 Å². The molecule has 0 bridgehead atoms. The number of amides is 1. The number of carbonyl (C=O) groups is 3. The van der Waals surface area contributed by atoms with Gasteiger partial charge in [-0.05, 0) is 30.7 Å². The van der Waals surface area contributed by atoms with Crippen molar-refractivity contribution in [3.05, 3.63) is 58.1 Å². The average Bonchev–Trinajstić information content (AvgIpc) is 2.75. The number of aliphatic carboxylic acids is 2. The second kappa shape index (κ2) is 9.55. The molecule has 0 radical (unpaired) electrons. The van der Waals surface area contributed by atoms with Crippen molar-refractivity contribution in [2.75, 3.05) is 11.1 Å². The van der Waals surface area contributed by atoms with Crippen LogP contribution >= 0.6 is 0 Å². The molecule has 1 unspecified atom stereocenters. The van der Waals surface area contributed by atoms with E-state index in [-0.39, 0.29) is 36.3 Å². The molecular weight excluding hydrogens is 420 g/mol. The molecule has 2 aromatic heterocycles. The van der Waals surface area contributed by atoms with Gasteiger partial charge in [0.2, 0.25) is 0 Å². The average molecular weight is 440 g/mol. The number of rotatable bonds is 9. The number of fused-ring (bicyclic) bond motifs is 1. The number of carboxylic acid groups (broad SMARTS) is 2. The van der Waals surface area contributed by atoms with E-state index in [0.717, 1.165) is 0 Å². The molecule has 3 aromatic rings. The lowest BCUT2D eigenvalue weighted by Gasteiger charge is -2.14. The van der Waals surface area contributed by atoms with Crippen LogP contribution in [0.3, 0.4) is 0 Å². The first-order valence-corrected chi connectivity index (χ1v) is 9.47. The van der Waals surface area contributed by atoms with Crippen LogP contribution in [0.4, 0.5) is 11.5 Å². The highest BCUT2D eigenvalue weighted by molar-refractivity contribution is 5.96. The van der Waals surface area contributed by atoms with E-state index in [2.05, 4.69) is 25.6 Å². The highest BCUT2D eigenvalue weighted by atomic mass is 16.4. The highest BCUT2D eigenvalue weighted by Gasteiger charge is 2.21. The number of carboxylic acids is 2. The van der Waals surface area contributed by atoms with Gasteiger partial charge >= 0.3 is 11.9 Å². The number of aromatic nitrogens is 3. The molecule has 166 valence electrons. The van der Waals surface area contributed by atoms with Crippen molar-refractivity contribution in [2.45, 2.75) is 25.4 Å². The Kier molecular flexibility index (Phi) is 6.63. The summed E-state index contributed by atoms with van der Waals surface area (Å²) < 4.78 is 0. The van der Waals surface area contributed by atoms with Crippen LogP contribution in [-0.2, 0) is 16.1 Å². The Labute approximate surface area is 180 Å². The van der Waals surface area contributed by atoms with Gasteiger partial charge in [-0.2, -0.15) is 0 Å². The van der Waals surface area contributed by atoms with E-state index in [4.69, 9.17) is 15.9 Å². The van der Waals surface area contributed by atoms with Gasteiger partial charge in [0.15, 0.2) is 5.52 Å². The van der Waals surface area contributed by atoms with Crippen LogP contribution < -0.4 is 21.9 Å². The topological polar surface area (TPSA) is 200 Å². The minimum absolute atomic E-state index is 0.168. The number of H-pyrrole nitrogens is 1. The minimum Gasteiger partial charge on any atom is -0.481 e. The lowest BCUT2D eigenvalue weighted by molar-refractivity contribution is -0.140. The zero-order valence-corrected chi connectivity index (χ0v) is 16.7. The lowest BCUT2D eigenvalue weighted by atomic mass is 10.1. The quantitative estimate of drug-likeness (QED) is 0.273. The fourth-order valence-corrected chi connectivity index (χ4v) is 2.87. The molecule has 1 atom stereocenters. The molecule has 0 saturated heterocycles. The number of aromatic amines is 1. The summed E-state index contributed by atoms with van der Waals surface area (Å²) in [5.74, 6) is -2.89. The Morgan fingerprint density at radius 2 is 1.88 bits per heavy atom. The van der Waals surface area contributed by atoms with E-state index in [0.29, 0.717) is 16.9 Å². The SMILES string of the molecule is Nc1cc2ncc(CNc3ccc(C(=O)NC(CCC(=O)O)C(=O)O)cc3)nc2c(=O)[nH]1. The number of hydrogen-bond donors (Lipinski definition) is 6. The molecule has 0 fully saturated rings. The minimum atomic E-state index is -1.31. The zero-order valence-electron chi connectivity index (χ0n) is 16.7. The summed E-state index contributed by atoms with van der Waals surface area (Å²) in [7, 11) is 0. The van der Waals surface area contributed by atoms with Crippen LogP contribution in [0.5, 0.6) is 0 Å². The fraction of sp³-hybridized carbons (Fsp3) is 0.200. The van der Waals surface area contributed by atoms with Gasteiger partial charge < -0.3 is 31.6 Å².